The van der Waals surface area contributed by atoms with Crippen LogP contribution < -0.4 is 0 Å². The Labute approximate surface area is 420 Å². The lowest BCUT2D eigenvalue weighted by molar-refractivity contribution is 0.484. The van der Waals surface area contributed by atoms with E-state index in [0.29, 0.717) is 0 Å². The fourth-order valence-corrected chi connectivity index (χ4v) is 11.5. The zero-order chi connectivity index (χ0) is 48.3. The largest absolute Gasteiger partial charge is 0.456 e. The van der Waals surface area contributed by atoms with Crippen molar-refractivity contribution in [1.29, 1.82) is 0 Å². The first-order valence-corrected chi connectivity index (χ1v) is 25.3. The molecule has 13 rings (SSSR count). The van der Waals surface area contributed by atoms with Crippen LogP contribution in [0.3, 0.4) is 0 Å². The Balaban J connectivity index is 0.865. The van der Waals surface area contributed by atoms with Crippen molar-refractivity contribution in [3.05, 3.63) is 264 Å². The van der Waals surface area contributed by atoms with Crippen molar-refractivity contribution in [2.45, 2.75) is 38.5 Å². The highest BCUT2D eigenvalue weighted by atomic mass is 16.3. The average Bonchev–Trinajstić information content (AvgIpc) is 3.99. The Bertz CT molecular complexity index is 3990. The van der Waals surface area contributed by atoms with E-state index in [9.17, 15) is 0 Å². The van der Waals surface area contributed by atoms with E-state index >= 15 is 0 Å². The fourth-order valence-electron chi connectivity index (χ4n) is 11.5. The number of benzene rings is 9. The van der Waals surface area contributed by atoms with Crippen LogP contribution >= 0.6 is 0 Å². The minimum Gasteiger partial charge on any atom is -0.456 e. The molecule has 0 aliphatic carbocycles. The minimum absolute atomic E-state index is 0.123. The minimum atomic E-state index is -0.328. The zero-order valence-corrected chi connectivity index (χ0v) is 40.6. The van der Waals surface area contributed by atoms with Gasteiger partial charge in [-0.25, -0.2) is 0 Å². The molecule has 2 aromatic heterocycles. The van der Waals surface area contributed by atoms with Crippen LogP contribution in [0, 0.1) is 11.8 Å². The van der Waals surface area contributed by atoms with E-state index < -0.39 is 0 Å². The summed E-state index contributed by atoms with van der Waals surface area (Å²) in [5.41, 5.74) is 18.9. The highest BCUT2D eigenvalue weighted by Crippen LogP contribution is 2.45. The van der Waals surface area contributed by atoms with Gasteiger partial charge < -0.3 is 8.83 Å². The van der Waals surface area contributed by atoms with E-state index in [1.807, 2.05) is 0 Å². The van der Waals surface area contributed by atoms with Gasteiger partial charge in [0.15, 0.2) is 0 Å². The van der Waals surface area contributed by atoms with Gasteiger partial charge in [-0.2, -0.15) is 0 Å². The number of hydrogen-bond acceptors (Lipinski definition) is 4. The van der Waals surface area contributed by atoms with E-state index in [1.54, 1.807) is 0 Å². The summed E-state index contributed by atoms with van der Waals surface area (Å²) in [5, 5.41) is 4.27. The second kappa shape index (κ2) is 17.7. The number of rotatable bonds is 9. The number of allylic oxidation sites excluding steroid dienone is 2. The van der Waals surface area contributed by atoms with Crippen LogP contribution in [0.25, 0.3) is 77.5 Å². The standard InChI is InChI=1S/C68H52N2O2/c1-4-54-55(44-19-9-5-10-20-44)40-60(69-67(54)47-25-15-8-16-26-47)52-29-17-27-48(35-52)50-31-33-62-56(37-50)58-39-59-57-38-51(32-34-63(57)72-65(59)41-64(58)71-62)49-28-18-30-53(36-49)68(3)42-61(45-21-11-6-12-22-45)70-66(43(68)2)46-23-13-7-14-24-46/h5-43,54-55H,4H2,1-3H3. The molecule has 2 aliphatic heterocycles. The summed E-state index contributed by atoms with van der Waals surface area (Å²) in [4.78, 5) is 10.8. The van der Waals surface area contributed by atoms with Gasteiger partial charge in [-0.3, -0.25) is 9.98 Å². The molecular weight excluding hydrogens is 877 g/mol. The lowest BCUT2D eigenvalue weighted by atomic mass is 9.67. The van der Waals surface area contributed by atoms with E-state index in [4.69, 9.17) is 18.8 Å². The van der Waals surface area contributed by atoms with Gasteiger partial charge in [-0.15, -0.1) is 0 Å². The molecule has 4 heterocycles. The molecule has 72 heavy (non-hydrogen) atoms. The van der Waals surface area contributed by atoms with Gasteiger partial charge in [0.05, 0.1) is 22.8 Å². The average molecular weight is 929 g/mol. The Morgan fingerprint density at radius 3 is 1.51 bits per heavy atom. The van der Waals surface area contributed by atoms with Crippen molar-refractivity contribution >= 4 is 66.7 Å². The Morgan fingerprint density at radius 2 is 0.903 bits per heavy atom. The van der Waals surface area contributed by atoms with Crippen LogP contribution in [0.2, 0.25) is 0 Å². The molecular formula is C68H52N2O2. The quantitative estimate of drug-likeness (QED) is 0.145. The van der Waals surface area contributed by atoms with Crippen molar-refractivity contribution in [3.63, 3.8) is 0 Å². The van der Waals surface area contributed by atoms with Crippen LogP contribution in [-0.2, 0) is 5.41 Å². The number of hydrogen-bond donors (Lipinski definition) is 0. The molecule has 0 saturated heterocycles. The Morgan fingerprint density at radius 1 is 0.417 bits per heavy atom. The first kappa shape index (κ1) is 43.4. The normalized spacial score (nSPS) is 19.1. The maximum absolute atomic E-state index is 6.56. The molecule has 346 valence electrons. The van der Waals surface area contributed by atoms with Gasteiger partial charge in [0.1, 0.15) is 22.3 Å². The molecule has 0 bridgehead atoms. The third-order valence-electron chi connectivity index (χ3n) is 15.6. The summed E-state index contributed by atoms with van der Waals surface area (Å²) in [6, 6.07) is 78.1. The highest BCUT2D eigenvalue weighted by molar-refractivity contribution is 6.16. The highest BCUT2D eigenvalue weighted by Gasteiger charge is 2.39. The monoisotopic (exact) mass is 928 g/mol. The SMILES string of the molecule is CCC1C(c2ccccc2)=NC(c2cccc(-c3ccc4oc5cc6oc7ccc(-c8cccc(C9(C)C=C(c%10ccccc%10)N=C(c%10ccccc%10)C9C)c8)cc7c6cc5c4c3)c2)=CC1c1ccccc1. The van der Waals surface area contributed by atoms with Crippen LogP contribution in [0.1, 0.15) is 66.5 Å². The molecule has 0 amide bonds. The van der Waals surface area contributed by atoms with Gasteiger partial charge in [0, 0.05) is 56.3 Å². The smallest absolute Gasteiger partial charge is 0.139 e. The predicted molar refractivity (Wildman–Crippen MR) is 300 cm³/mol. The third-order valence-corrected chi connectivity index (χ3v) is 15.6. The van der Waals surface area contributed by atoms with Crippen molar-refractivity contribution in [1.82, 2.24) is 0 Å². The van der Waals surface area contributed by atoms with Crippen molar-refractivity contribution in [2.75, 3.05) is 0 Å². The molecule has 4 unspecified atom stereocenters. The summed E-state index contributed by atoms with van der Waals surface area (Å²) in [6.45, 7) is 6.95. The van der Waals surface area contributed by atoms with E-state index in [1.165, 1.54) is 16.7 Å². The summed E-state index contributed by atoms with van der Waals surface area (Å²) < 4.78 is 13.1. The summed E-state index contributed by atoms with van der Waals surface area (Å²) in [7, 11) is 0. The third kappa shape index (κ3) is 7.54. The first-order valence-electron chi connectivity index (χ1n) is 25.3. The second-order valence-corrected chi connectivity index (χ2v) is 19.8. The Kier molecular flexibility index (Phi) is 10.7. The second-order valence-electron chi connectivity index (χ2n) is 19.8. The van der Waals surface area contributed by atoms with Gasteiger partial charge in [-0.05, 0) is 105 Å². The maximum Gasteiger partial charge on any atom is 0.139 e. The molecule has 4 nitrogen and oxygen atoms in total. The van der Waals surface area contributed by atoms with Crippen LogP contribution in [0.5, 0.6) is 0 Å². The molecule has 2 aliphatic rings. The zero-order valence-electron chi connectivity index (χ0n) is 40.6. The summed E-state index contributed by atoms with van der Waals surface area (Å²) in [5.74, 6) is 0.598. The van der Waals surface area contributed by atoms with Crippen LogP contribution in [0.15, 0.2) is 249 Å². The number of furan rings is 2. The first-order chi connectivity index (χ1) is 35.4. The van der Waals surface area contributed by atoms with Crippen LogP contribution in [0.4, 0.5) is 0 Å². The van der Waals surface area contributed by atoms with E-state index in [-0.39, 0.29) is 23.2 Å². The van der Waals surface area contributed by atoms with Crippen LogP contribution in [-0.4, -0.2) is 11.4 Å². The number of fused-ring (bicyclic) bond motifs is 6. The lowest BCUT2D eigenvalue weighted by Gasteiger charge is -2.38. The molecule has 0 spiro atoms. The predicted octanol–water partition coefficient (Wildman–Crippen LogP) is 17.9. The molecule has 9 aromatic carbocycles. The van der Waals surface area contributed by atoms with Gasteiger partial charge in [0.2, 0.25) is 0 Å². The topological polar surface area (TPSA) is 51.0 Å². The summed E-state index contributed by atoms with van der Waals surface area (Å²) >= 11 is 0. The molecule has 0 N–H and O–H groups in total. The molecule has 4 heteroatoms. The molecule has 0 fully saturated rings. The number of aliphatic imine (C=N–C) groups is 2. The van der Waals surface area contributed by atoms with Crippen molar-refractivity contribution in [3.8, 4) is 22.3 Å². The van der Waals surface area contributed by atoms with Crippen molar-refractivity contribution < 1.29 is 8.83 Å². The molecule has 0 radical (unpaired) electrons. The molecule has 11 aromatic rings. The Hall–Kier alpha value is -8.60. The van der Waals surface area contributed by atoms with Gasteiger partial charge in [0.25, 0.3) is 0 Å². The van der Waals surface area contributed by atoms with E-state index in [2.05, 4.69) is 251 Å². The molecule has 0 saturated carbocycles. The van der Waals surface area contributed by atoms with Gasteiger partial charge >= 0.3 is 0 Å². The lowest BCUT2D eigenvalue weighted by Crippen LogP contribution is -2.37. The van der Waals surface area contributed by atoms with E-state index in [0.717, 1.165) is 112 Å². The van der Waals surface area contributed by atoms with Crippen molar-refractivity contribution in [2.24, 2.45) is 21.8 Å². The fraction of sp³-hybridized carbons (Fsp3) is 0.118. The molecule has 4 atom stereocenters. The number of nitrogens with zero attached hydrogens (tertiary/aromatic N) is 2. The van der Waals surface area contributed by atoms with Gasteiger partial charge in [-0.1, -0.05) is 197 Å². The maximum atomic E-state index is 6.56. The summed E-state index contributed by atoms with van der Waals surface area (Å²) in [6.07, 6.45) is 5.75.